The first-order chi connectivity index (χ1) is 8.40. The molecule has 1 saturated heterocycles. The van der Waals surface area contributed by atoms with Gasteiger partial charge in [0.25, 0.3) is 0 Å². The van der Waals surface area contributed by atoms with E-state index in [9.17, 15) is 19.5 Å². The van der Waals surface area contributed by atoms with Crippen LogP contribution in [0.2, 0.25) is 0 Å². The van der Waals surface area contributed by atoms with Gasteiger partial charge in [0.1, 0.15) is 13.1 Å². The van der Waals surface area contributed by atoms with Gasteiger partial charge in [0.15, 0.2) is 0 Å². The molecule has 4 N–H and O–H groups in total. The first-order valence-corrected chi connectivity index (χ1v) is 5.62. The molecule has 18 heavy (non-hydrogen) atoms. The molecule has 0 atom stereocenters. The van der Waals surface area contributed by atoms with Crippen LogP contribution in [0.3, 0.4) is 0 Å². The minimum Gasteiger partial charge on any atom is -0.480 e. The molecular weight excluding hydrogens is 242 g/mol. The van der Waals surface area contributed by atoms with Crippen molar-refractivity contribution < 1.29 is 24.6 Å². The first-order valence-electron chi connectivity index (χ1n) is 5.62. The van der Waals surface area contributed by atoms with Crippen molar-refractivity contribution in [2.75, 3.05) is 26.2 Å². The largest absolute Gasteiger partial charge is 0.480 e. The van der Waals surface area contributed by atoms with Gasteiger partial charge in [-0.25, -0.2) is 4.79 Å². The number of carbonyl (C=O) groups excluding carboxylic acids is 2. The number of nitrogens with zero attached hydrogens (tertiary/aromatic N) is 2. The van der Waals surface area contributed by atoms with E-state index in [1.807, 2.05) is 0 Å². The molecule has 0 radical (unpaired) electrons. The lowest BCUT2D eigenvalue weighted by Gasteiger charge is -2.33. The van der Waals surface area contributed by atoms with Crippen molar-refractivity contribution in [2.24, 2.45) is 5.73 Å². The monoisotopic (exact) mass is 259 g/mol. The van der Waals surface area contributed by atoms with Gasteiger partial charge in [0.05, 0.1) is 6.10 Å². The van der Waals surface area contributed by atoms with Gasteiger partial charge in [-0.05, 0) is 12.8 Å². The lowest BCUT2D eigenvalue weighted by Crippen LogP contribution is -2.51. The fraction of sp³-hybridized carbons (Fsp3) is 0.700. The summed E-state index contributed by atoms with van der Waals surface area (Å²) in [6, 6.07) is -0.539. The van der Waals surface area contributed by atoms with Crippen molar-refractivity contribution >= 4 is 17.9 Å². The lowest BCUT2D eigenvalue weighted by molar-refractivity contribution is -0.138. The second-order valence-corrected chi connectivity index (χ2v) is 4.22. The second-order valence-electron chi connectivity index (χ2n) is 4.22. The van der Waals surface area contributed by atoms with Crippen LogP contribution in [-0.4, -0.2) is 70.2 Å². The number of urea groups is 1. The zero-order chi connectivity index (χ0) is 13.7. The third-order valence-electron chi connectivity index (χ3n) is 2.68. The average Bonchev–Trinajstić information content (AvgIpc) is 2.27. The van der Waals surface area contributed by atoms with Gasteiger partial charge in [0, 0.05) is 13.1 Å². The van der Waals surface area contributed by atoms with E-state index in [1.54, 1.807) is 0 Å². The van der Waals surface area contributed by atoms with E-state index in [-0.39, 0.29) is 0 Å². The molecule has 1 fully saturated rings. The van der Waals surface area contributed by atoms with Crippen LogP contribution in [0.1, 0.15) is 12.8 Å². The molecule has 0 aromatic carbocycles. The molecule has 0 unspecified atom stereocenters. The standard InChI is InChI=1S/C10H17N3O5/c11-8(15)5-13(6-9(16)17)10(18)12-3-1-7(14)2-4-12/h7,14H,1-6H2,(H2,11,15)(H,16,17). The molecule has 0 saturated carbocycles. The molecule has 0 aliphatic carbocycles. The number of piperidine rings is 1. The Labute approximate surface area is 104 Å². The van der Waals surface area contributed by atoms with Gasteiger partial charge in [0.2, 0.25) is 5.91 Å². The van der Waals surface area contributed by atoms with Crippen LogP contribution in [0.25, 0.3) is 0 Å². The number of primary amides is 1. The molecule has 1 aliphatic heterocycles. The first kappa shape index (κ1) is 14.2. The maximum absolute atomic E-state index is 12.0. The highest BCUT2D eigenvalue weighted by molar-refractivity contribution is 5.86. The Bertz CT molecular complexity index is 322. The Kier molecular flexibility index (Phi) is 4.90. The van der Waals surface area contributed by atoms with Crippen molar-refractivity contribution in [3.8, 4) is 0 Å². The maximum atomic E-state index is 12.0. The van der Waals surface area contributed by atoms with E-state index in [4.69, 9.17) is 10.8 Å². The highest BCUT2D eigenvalue weighted by Gasteiger charge is 2.27. The Balaban J connectivity index is 2.63. The number of carboxylic acid groups (broad SMARTS) is 1. The summed E-state index contributed by atoms with van der Waals surface area (Å²) >= 11 is 0. The highest BCUT2D eigenvalue weighted by atomic mass is 16.4. The summed E-state index contributed by atoms with van der Waals surface area (Å²) in [6.07, 6.45) is 0.463. The minimum absolute atomic E-state index is 0.342. The number of hydrogen-bond donors (Lipinski definition) is 3. The number of nitrogens with two attached hydrogens (primary N) is 1. The number of aliphatic hydroxyl groups is 1. The molecular formula is C10H17N3O5. The van der Waals surface area contributed by atoms with Crippen molar-refractivity contribution in [2.45, 2.75) is 18.9 Å². The number of carbonyl (C=O) groups is 3. The highest BCUT2D eigenvalue weighted by Crippen LogP contribution is 2.12. The van der Waals surface area contributed by atoms with Crippen LogP contribution in [0.4, 0.5) is 4.79 Å². The number of likely N-dealkylation sites (tertiary alicyclic amines) is 1. The molecule has 0 spiro atoms. The summed E-state index contributed by atoms with van der Waals surface area (Å²) in [5, 5.41) is 18.0. The van der Waals surface area contributed by atoms with Crippen LogP contribution in [0.15, 0.2) is 0 Å². The summed E-state index contributed by atoms with van der Waals surface area (Å²) in [7, 11) is 0. The van der Waals surface area contributed by atoms with E-state index >= 15 is 0 Å². The number of rotatable bonds is 4. The smallest absolute Gasteiger partial charge is 0.323 e. The summed E-state index contributed by atoms with van der Waals surface area (Å²) in [4.78, 5) is 35.7. The van der Waals surface area contributed by atoms with E-state index < -0.39 is 37.1 Å². The van der Waals surface area contributed by atoms with Crippen molar-refractivity contribution in [1.82, 2.24) is 9.80 Å². The molecule has 1 rings (SSSR count). The number of carboxylic acids is 1. The molecule has 0 aromatic rings. The molecule has 0 bridgehead atoms. The maximum Gasteiger partial charge on any atom is 0.323 e. The lowest BCUT2D eigenvalue weighted by atomic mass is 10.1. The molecule has 8 nitrogen and oxygen atoms in total. The normalized spacial score (nSPS) is 16.4. The molecule has 1 heterocycles. The predicted molar refractivity (Wildman–Crippen MR) is 60.6 cm³/mol. The van der Waals surface area contributed by atoms with Crippen LogP contribution < -0.4 is 5.73 Å². The van der Waals surface area contributed by atoms with Crippen LogP contribution in [-0.2, 0) is 9.59 Å². The number of aliphatic carboxylic acids is 1. The van der Waals surface area contributed by atoms with Crippen molar-refractivity contribution in [1.29, 1.82) is 0 Å². The van der Waals surface area contributed by atoms with Crippen LogP contribution in [0, 0.1) is 0 Å². The number of amides is 3. The average molecular weight is 259 g/mol. The molecule has 8 heteroatoms. The Morgan fingerprint density at radius 3 is 2.22 bits per heavy atom. The minimum atomic E-state index is -1.21. The van der Waals surface area contributed by atoms with Gasteiger partial charge in [-0.2, -0.15) is 0 Å². The number of hydrogen-bond acceptors (Lipinski definition) is 4. The van der Waals surface area contributed by atoms with E-state index in [2.05, 4.69) is 0 Å². The molecule has 0 aromatic heterocycles. The second kappa shape index (κ2) is 6.20. The van der Waals surface area contributed by atoms with Crippen LogP contribution >= 0.6 is 0 Å². The van der Waals surface area contributed by atoms with Crippen molar-refractivity contribution in [3.05, 3.63) is 0 Å². The van der Waals surface area contributed by atoms with Gasteiger partial charge in [-0.1, -0.05) is 0 Å². The third kappa shape index (κ3) is 4.21. The zero-order valence-corrected chi connectivity index (χ0v) is 9.91. The van der Waals surface area contributed by atoms with Gasteiger partial charge >= 0.3 is 12.0 Å². The Morgan fingerprint density at radius 2 is 1.78 bits per heavy atom. The van der Waals surface area contributed by atoms with Gasteiger partial charge in [-0.3, -0.25) is 9.59 Å². The van der Waals surface area contributed by atoms with E-state index in [1.165, 1.54) is 4.90 Å². The van der Waals surface area contributed by atoms with E-state index in [0.29, 0.717) is 25.9 Å². The quantitative estimate of drug-likeness (QED) is 0.563. The fourth-order valence-corrected chi connectivity index (χ4v) is 1.80. The Hall–Kier alpha value is -1.83. The molecule has 3 amide bonds. The summed E-state index contributed by atoms with van der Waals surface area (Å²) in [5.74, 6) is -1.97. The fourth-order valence-electron chi connectivity index (χ4n) is 1.80. The third-order valence-corrected chi connectivity index (χ3v) is 2.68. The SMILES string of the molecule is NC(=O)CN(CC(=O)O)C(=O)N1CCC(O)CC1. The number of aliphatic hydroxyl groups excluding tert-OH is 1. The Morgan fingerprint density at radius 1 is 1.22 bits per heavy atom. The predicted octanol–water partition coefficient (Wildman–Crippen LogP) is -1.56. The zero-order valence-electron chi connectivity index (χ0n) is 9.91. The topological polar surface area (TPSA) is 124 Å². The summed E-state index contributed by atoms with van der Waals surface area (Å²) in [5.41, 5.74) is 4.97. The van der Waals surface area contributed by atoms with E-state index in [0.717, 1.165) is 4.90 Å². The van der Waals surface area contributed by atoms with Gasteiger partial charge < -0.3 is 25.7 Å². The van der Waals surface area contributed by atoms with Crippen molar-refractivity contribution in [3.63, 3.8) is 0 Å². The van der Waals surface area contributed by atoms with Crippen LogP contribution in [0.5, 0.6) is 0 Å². The molecule has 1 aliphatic rings. The summed E-state index contributed by atoms with van der Waals surface area (Å²) in [6.45, 7) is -0.311. The van der Waals surface area contributed by atoms with Gasteiger partial charge in [-0.15, -0.1) is 0 Å². The molecule has 102 valence electrons. The summed E-state index contributed by atoms with van der Waals surface area (Å²) < 4.78 is 0.